The average molecular weight is 291 g/mol. The minimum absolute atomic E-state index is 0.302. The number of thioether (sulfide) groups is 1. The first-order valence-electron chi connectivity index (χ1n) is 6.25. The van der Waals surface area contributed by atoms with Crippen LogP contribution in [0.5, 0.6) is 0 Å². The second-order valence-corrected chi connectivity index (χ2v) is 5.03. The summed E-state index contributed by atoms with van der Waals surface area (Å²) in [6.45, 7) is 4.08. The van der Waals surface area contributed by atoms with E-state index >= 15 is 0 Å². The van der Waals surface area contributed by atoms with Crippen molar-refractivity contribution in [1.82, 2.24) is 9.78 Å². The minimum Gasteiger partial charge on any atom is -0.462 e. The Hall–Kier alpha value is -1.95. The molecule has 20 heavy (non-hydrogen) atoms. The lowest BCUT2D eigenvalue weighted by Crippen LogP contribution is -2.09. The van der Waals surface area contributed by atoms with Crippen LogP contribution >= 0.6 is 11.8 Å². The van der Waals surface area contributed by atoms with Crippen molar-refractivity contribution in [3.05, 3.63) is 35.4 Å². The maximum Gasteiger partial charge on any atom is 0.344 e. The van der Waals surface area contributed by atoms with Crippen LogP contribution in [0.25, 0.3) is 5.69 Å². The summed E-state index contributed by atoms with van der Waals surface area (Å²) in [6, 6.07) is 7.77. The van der Waals surface area contributed by atoms with E-state index in [2.05, 4.69) is 5.10 Å². The van der Waals surface area contributed by atoms with Gasteiger partial charge in [0.15, 0.2) is 0 Å². The maximum absolute atomic E-state index is 12.0. The summed E-state index contributed by atoms with van der Waals surface area (Å²) in [4.78, 5) is 12.0. The lowest BCUT2D eigenvalue weighted by Gasteiger charge is -2.05. The Kier molecular flexibility index (Phi) is 4.34. The standard InChI is InChI=1S/C14H17N3O2S/c1-4-19-14(18)11-12(15)17(16-13(11)20-3)10-7-5-9(2)6-8-10/h5-8H,4,15H2,1-3H3. The number of carbonyl (C=O) groups is 1. The van der Waals surface area contributed by atoms with Crippen molar-refractivity contribution in [3.63, 3.8) is 0 Å². The van der Waals surface area contributed by atoms with Crippen LogP contribution < -0.4 is 5.73 Å². The molecule has 0 radical (unpaired) electrons. The normalized spacial score (nSPS) is 10.6. The van der Waals surface area contributed by atoms with Crippen LogP contribution in [0.3, 0.4) is 0 Å². The van der Waals surface area contributed by atoms with E-state index in [0.29, 0.717) is 23.0 Å². The molecule has 1 aromatic heterocycles. The monoisotopic (exact) mass is 291 g/mol. The predicted octanol–water partition coefficient (Wildman–Crippen LogP) is 2.66. The van der Waals surface area contributed by atoms with Crippen LogP contribution in [0.2, 0.25) is 0 Å². The number of nitrogen functional groups attached to an aromatic ring is 1. The number of nitrogens with zero attached hydrogens (tertiary/aromatic N) is 2. The van der Waals surface area contributed by atoms with Gasteiger partial charge in [0.25, 0.3) is 0 Å². The van der Waals surface area contributed by atoms with Gasteiger partial charge in [0.2, 0.25) is 0 Å². The average Bonchev–Trinajstić information content (AvgIpc) is 2.77. The number of nitrogens with two attached hydrogens (primary N) is 1. The molecule has 0 atom stereocenters. The van der Waals surface area contributed by atoms with Gasteiger partial charge in [0, 0.05) is 0 Å². The molecule has 2 aromatic rings. The summed E-state index contributed by atoms with van der Waals surface area (Å²) in [5, 5.41) is 4.96. The number of hydrogen-bond donors (Lipinski definition) is 1. The molecule has 0 unspecified atom stereocenters. The molecule has 106 valence electrons. The van der Waals surface area contributed by atoms with Crippen molar-refractivity contribution < 1.29 is 9.53 Å². The highest BCUT2D eigenvalue weighted by Crippen LogP contribution is 2.28. The quantitative estimate of drug-likeness (QED) is 0.692. The van der Waals surface area contributed by atoms with E-state index in [0.717, 1.165) is 11.3 Å². The molecule has 0 spiro atoms. The van der Waals surface area contributed by atoms with Gasteiger partial charge in [-0.15, -0.1) is 11.8 Å². The zero-order chi connectivity index (χ0) is 14.7. The molecular weight excluding hydrogens is 274 g/mol. The third-order valence-electron chi connectivity index (χ3n) is 2.84. The molecule has 0 aliphatic carbocycles. The summed E-state index contributed by atoms with van der Waals surface area (Å²) in [5.74, 6) is -0.135. The second kappa shape index (κ2) is 6.00. The van der Waals surface area contributed by atoms with Crippen LogP contribution in [-0.2, 0) is 4.74 Å². The lowest BCUT2D eigenvalue weighted by molar-refractivity contribution is 0.0523. The van der Waals surface area contributed by atoms with Crippen LogP contribution in [-0.4, -0.2) is 28.6 Å². The van der Waals surface area contributed by atoms with Crippen LogP contribution in [0.15, 0.2) is 29.3 Å². The Labute approximate surface area is 122 Å². The van der Waals surface area contributed by atoms with Gasteiger partial charge in [-0.05, 0) is 32.2 Å². The summed E-state index contributed by atoms with van der Waals surface area (Å²) < 4.78 is 6.60. The van der Waals surface area contributed by atoms with Crippen molar-refractivity contribution in [3.8, 4) is 5.69 Å². The molecule has 0 aliphatic heterocycles. The summed E-state index contributed by atoms with van der Waals surface area (Å²) in [5.41, 5.74) is 8.37. The van der Waals surface area contributed by atoms with Gasteiger partial charge >= 0.3 is 5.97 Å². The van der Waals surface area contributed by atoms with Crippen LogP contribution in [0.4, 0.5) is 5.82 Å². The molecule has 1 aromatic carbocycles. The van der Waals surface area contributed by atoms with Crippen molar-refractivity contribution in [1.29, 1.82) is 0 Å². The fourth-order valence-corrected chi connectivity index (χ4v) is 2.39. The Morgan fingerprint density at radius 3 is 2.60 bits per heavy atom. The molecule has 0 amide bonds. The first kappa shape index (κ1) is 14.5. The van der Waals surface area contributed by atoms with Crippen molar-refractivity contribution in [2.24, 2.45) is 0 Å². The Bertz CT molecular complexity index is 620. The zero-order valence-corrected chi connectivity index (χ0v) is 12.5. The molecule has 0 fully saturated rings. The van der Waals surface area contributed by atoms with Crippen molar-refractivity contribution >= 4 is 23.5 Å². The van der Waals surface area contributed by atoms with Crippen LogP contribution in [0, 0.1) is 6.92 Å². The van der Waals surface area contributed by atoms with Gasteiger partial charge in [-0.3, -0.25) is 0 Å². The Balaban J connectivity index is 2.50. The number of rotatable bonds is 4. The number of esters is 1. The Morgan fingerprint density at radius 1 is 1.40 bits per heavy atom. The molecule has 0 bridgehead atoms. The molecule has 5 nitrogen and oxygen atoms in total. The third kappa shape index (κ3) is 2.65. The van der Waals surface area contributed by atoms with Gasteiger partial charge in [0.1, 0.15) is 16.4 Å². The number of aryl methyl sites for hydroxylation is 1. The zero-order valence-electron chi connectivity index (χ0n) is 11.7. The smallest absolute Gasteiger partial charge is 0.344 e. The number of ether oxygens (including phenoxy) is 1. The maximum atomic E-state index is 12.0. The number of carbonyl (C=O) groups excluding carboxylic acids is 1. The van der Waals surface area contributed by atoms with Gasteiger partial charge in [-0.2, -0.15) is 5.10 Å². The predicted molar refractivity (Wildman–Crippen MR) is 80.5 cm³/mol. The van der Waals surface area contributed by atoms with E-state index in [9.17, 15) is 4.79 Å². The molecule has 0 aliphatic rings. The molecular formula is C14H17N3O2S. The van der Waals surface area contributed by atoms with Crippen molar-refractivity contribution in [2.45, 2.75) is 18.9 Å². The molecule has 0 saturated heterocycles. The summed E-state index contributed by atoms with van der Waals surface area (Å²) in [7, 11) is 0. The van der Waals surface area contributed by atoms with Crippen molar-refractivity contribution in [2.75, 3.05) is 18.6 Å². The topological polar surface area (TPSA) is 70.1 Å². The van der Waals surface area contributed by atoms with Gasteiger partial charge in [0.05, 0.1) is 12.3 Å². The van der Waals surface area contributed by atoms with E-state index in [4.69, 9.17) is 10.5 Å². The minimum atomic E-state index is -0.437. The second-order valence-electron chi connectivity index (χ2n) is 4.24. The number of benzene rings is 1. The van der Waals surface area contributed by atoms with E-state index in [1.54, 1.807) is 11.6 Å². The fraction of sp³-hybridized carbons (Fsp3) is 0.286. The molecule has 6 heteroatoms. The highest BCUT2D eigenvalue weighted by molar-refractivity contribution is 7.98. The highest BCUT2D eigenvalue weighted by atomic mass is 32.2. The largest absolute Gasteiger partial charge is 0.462 e. The van der Waals surface area contributed by atoms with E-state index < -0.39 is 5.97 Å². The van der Waals surface area contributed by atoms with E-state index in [1.807, 2.05) is 37.4 Å². The van der Waals surface area contributed by atoms with Gasteiger partial charge in [-0.25, -0.2) is 9.48 Å². The van der Waals surface area contributed by atoms with E-state index in [1.165, 1.54) is 11.8 Å². The SMILES string of the molecule is CCOC(=O)c1c(SC)nn(-c2ccc(C)cc2)c1N. The first-order valence-corrected chi connectivity index (χ1v) is 7.47. The highest BCUT2D eigenvalue weighted by Gasteiger charge is 2.23. The number of aromatic nitrogens is 2. The van der Waals surface area contributed by atoms with Gasteiger partial charge < -0.3 is 10.5 Å². The number of hydrogen-bond acceptors (Lipinski definition) is 5. The fourth-order valence-electron chi connectivity index (χ4n) is 1.83. The summed E-state index contributed by atoms with van der Waals surface area (Å²) in [6.07, 6.45) is 1.85. The lowest BCUT2D eigenvalue weighted by atomic mass is 10.2. The Morgan fingerprint density at radius 2 is 2.05 bits per heavy atom. The van der Waals surface area contributed by atoms with Crippen LogP contribution in [0.1, 0.15) is 22.8 Å². The van der Waals surface area contributed by atoms with Gasteiger partial charge in [-0.1, -0.05) is 17.7 Å². The molecule has 0 saturated carbocycles. The third-order valence-corrected chi connectivity index (χ3v) is 3.51. The molecule has 2 N–H and O–H groups in total. The van der Waals surface area contributed by atoms with E-state index in [-0.39, 0.29) is 0 Å². The number of anilines is 1. The molecule has 2 rings (SSSR count). The summed E-state index contributed by atoms with van der Waals surface area (Å²) >= 11 is 1.37. The first-order chi connectivity index (χ1) is 9.58. The molecule has 1 heterocycles.